The Balaban J connectivity index is 1.59. The molecule has 3 aromatic heterocycles. The van der Waals surface area contributed by atoms with Crippen LogP contribution in [-0.4, -0.2) is 19.7 Å². The number of nitrogens with zero attached hydrogens (tertiary/aromatic N) is 4. The summed E-state index contributed by atoms with van der Waals surface area (Å²) < 4.78 is 7.59. The molecule has 0 aliphatic rings. The number of hydrogen-bond donors (Lipinski definition) is 0. The minimum Gasteiger partial charge on any atom is -0.419 e. The van der Waals surface area contributed by atoms with E-state index in [0.29, 0.717) is 27.8 Å². The monoisotopic (exact) mass is 460 g/mol. The number of thiophene rings is 1. The van der Waals surface area contributed by atoms with Gasteiger partial charge < -0.3 is 4.42 Å². The minimum atomic E-state index is -0.193. The average molecular weight is 461 g/mol. The van der Waals surface area contributed by atoms with E-state index in [-0.39, 0.29) is 10.8 Å². The van der Waals surface area contributed by atoms with Crippen LogP contribution >= 0.6 is 23.1 Å². The average Bonchev–Trinajstić information content (AvgIpc) is 3.48. The zero-order chi connectivity index (χ0) is 22.2. The molecule has 5 aromatic rings. The maximum atomic E-state index is 13.5. The molecule has 0 saturated heterocycles. The fraction of sp³-hybridized carbons (Fsp3) is 0.167. The summed E-state index contributed by atoms with van der Waals surface area (Å²) in [6.45, 7) is 6.07. The van der Waals surface area contributed by atoms with Crippen LogP contribution in [0.3, 0.4) is 0 Å². The molecule has 8 heteroatoms. The van der Waals surface area contributed by atoms with E-state index in [1.807, 2.05) is 73.8 Å². The molecule has 2 aromatic carbocycles. The van der Waals surface area contributed by atoms with Gasteiger partial charge in [0.2, 0.25) is 5.89 Å². The number of benzene rings is 2. The van der Waals surface area contributed by atoms with Crippen molar-refractivity contribution in [1.82, 2.24) is 19.7 Å². The largest absolute Gasteiger partial charge is 0.419 e. The van der Waals surface area contributed by atoms with Gasteiger partial charge in [0.1, 0.15) is 0 Å². The number of thioether (sulfide) groups is 1. The van der Waals surface area contributed by atoms with Crippen molar-refractivity contribution >= 4 is 34.0 Å². The van der Waals surface area contributed by atoms with E-state index < -0.39 is 0 Å². The summed E-state index contributed by atoms with van der Waals surface area (Å²) in [5.74, 6) is 0.993. The van der Waals surface area contributed by atoms with Gasteiger partial charge >= 0.3 is 0 Å². The Bertz CT molecular complexity index is 1470. The first-order valence-corrected chi connectivity index (χ1v) is 11.9. The molecule has 0 aliphatic heterocycles. The highest BCUT2D eigenvalue weighted by Gasteiger charge is 2.21. The van der Waals surface area contributed by atoms with Gasteiger partial charge in [-0.3, -0.25) is 9.36 Å². The van der Waals surface area contributed by atoms with Crippen LogP contribution in [-0.2, 0) is 0 Å². The van der Waals surface area contributed by atoms with Gasteiger partial charge in [0.15, 0.2) is 5.16 Å². The molecule has 5 rings (SSSR count). The summed E-state index contributed by atoms with van der Waals surface area (Å²) in [4.78, 5) is 19.2. The Hall–Kier alpha value is -3.23. The van der Waals surface area contributed by atoms with Crippen molar-refractivity contribution in [2.45, 2.75) is 31.2 Å². The molecule has 1 unspecified atom stereocenters. The third-order valence-electron chi connectivity index (χ3n) is 5.30. The second kappa shape index (κ2) is 8.37. The number of para-hydroxylation sites is 1. The van der Waals surface area contributed by atoms with Crippen LogP contribution < -0.4 is 5.56 Å². The molecule has 0 radical (unpaired) electrons. The van der Waals surface area contributed by atoms with Gasteiger partial charge in [-0.2, -0.15) is 0 Å². The second-order valence-corrected chi connectivity index (χ2v) is 9.76. The smallest absolute Gasteiger partial charge is 0.266 e. The Labute approximate surface area is 193 Å². The Kier molecular flexibility index (Phi) is 5.40. The highest BCUT2D eigenvalue weighted by Crippen LogP contribution is 2.36. The number of aromatic nitrogens is 4. The molecule has 0 bridgehead atoms. The van der Waals surface area contributed by atoms with Gasteiger partial charge in [0.25, 0.3) is 11.4 Å². The molecule has 160 valence electrons. The van der Waals surface area contributed by atoms with Gasteiger partial charge in [-0.05, 0) is 67.6 Å². The van der Waals surface area contributed by atoms with E-state index in [2.05, 4.69) is 17.1 Å². The Morgan fingerprint density at radius 3 is 2.66 bits per heavy atom. The first-order chi connectivity index (χ1) is 15.5. The summed E-state index contributed by atoms with van der Waals surface area (Å²) in [5.41, 5.74) is 3.64. The topological polar surface area (TPSA) is 73.8 Å². The summed E-state index contributed by atoms with van der Waals surface area (Å²) in [7, 11) is 0. The van der Waals surface area contributed by atoms with Crippen molar-refractivity contribution in [3.05, 3.63) is 87.3 Å². The SMILES string of the molecule is Cc1ccc(-n2c(SC(C)c3nnc(-c4cccs4)o3)nc3ccccc3c2=O)cc1C. The van der Waals surface area contributed by atoms with E-state index in [4.69, 9.17) is 9.40 Å². The standard InChI is InChI=1S/C24H20N4O2S2/c1-14-10-11-17(13-15(14)2)28-23(29)18-7-4-5-8-19(18)25-24(28)32-16(3)21-26-27-22(30-21)20-9-6-12-31-20/h4-13,16H,1-3H3. The van der Waals surface area contributed by atoms with Crippen molar-refractivity contribution in [3.8, 4) is 16.5 Å². The fourth-order valence-corrected chi connectivity index (χ4v) is 4.99. The lowest BCUT2D eigenvalue weighted by molar-refractivity contribution is 0.509. The first-order valence-electron chi connectivity index (χ1n) is 10.1. The quantitative estimate of drug-likeness (QED) is 0.238. The molecular formula is C24H20N4O2S2. The summed E-state index contributed by atoms with van der Waals surface area (Å²) in [5, 5.41) is 11.4. The molecule has 0 saturated carbocycles. The molecule has 1 atom stereocenters. The van der Waals surface area contributed by atoms with Crippen LogP contribution in [0.5, 0.6) is 0 Å². The maximum absolute atomic E-state index is 13.5. The first kappa shape index (κ1) is 20.7. The van der Waals surface area contributed by atoms with Gasteiger partial charge in [-0.25, -0.2) is 4.98 Å². The summed E-state index contributed by atoms with van der Waals surface area (Å²) in [6.07, 6.45) is 0. The molecular weight excluding hydrogens is 440 g/mol. The molecule has 0 amide bonds. The highest BCUT2D eigenvalue weighted by atomic mass is 32.2. The van der Waals surface area contributed by atoms with Crippen LogP contribution in [0.25, 0.3) is 27.4 Å². The van der Waals surface area contributed by atoms with Crippen LogP contribution in [0.15, 0.2) is 74.3 Å². The highest BCUT2D eigenvalue weighted by molar-refractivity contribution is 7.99. The Morgan fingerprint density at radius 1 is 1.03 bits per heavy atom. The second-order valence-electron chi connectivity index (χ2n) is 7.50. The zero-order valence-electron chi connectivity index (χ0n) is 17.8. The molecule has 0 aliphatic carbocycles. The predicted molar refractivity (Wildman–Crippen MR) is 129 cm³/mol. The van der Waals surface area contributed by atoms with Crippen LogP contribution in [0.1, 0.15) is 29.2 Å². The number of hydrogen-bond acceptors (Lipinski definition) is 7. The van der Waals surface area contributed by atoms with E-state index in [1.54, 1.807) is 15.9 Å². The number of rotatable bonds is 5. The van der Waals surface area contributed by atoms with Gasteiger partial charge in [0, 0.05) is 0 Å². The lowest BCUT2D eigenvalue weighted by Crippen LogP contribution is -2.22. The van der Waals surface area contributed by atoms with E-state index >= 15 is 0 Å². The fourth-order valence-electron chi connectivity index (χ4n) is 3.39. The normalized spacial score (nSPS) is 12.3. The van der Waals surface area contributed by atoms with E-state index in [9.17, 15) is 4.79 Å². The molecule has 0 spiro atoms. The van der Waals surface area contributed by atoms with Crippen molar-refractivity contribution in [2.75, 3.05) is 0 Å². The van der Waals surface area contributed by atoms with Gasteiger partial charge in [-0.15, -0.1) is 21.5 Å². The third-order valence-corrected chi connectivity index (χ3v) is 7.19. The lowest BCUT2D eigenvalue weighted by Gasteiger charge is -2.16. The zero-order valence-corrected chi connectivity index (χ0v) is 19.4. The molecule has 0 fully saturated rings. The molecule has 3 heterocycles. The minimum absolute atomic E-state index is 0.0987. The van der Waals surface area contributed by atoms with Gasteiger partial charge in [-0.1, -0.05) is 36.0 Å². The van der Waals surface area contributed by atoms with Crippen LogP contribution in [0.4, 0.5) is 0 Å². The van der Waals surface area contributed by atoms with Crippen molar-refractivity contribution in [3.63, 3.8) is 0 Å². The number of aryl methyl sites for hydroxylation is 2. The molecule has 32 heavy (non-hydrogen) atoms. The summed E-state index contributed by atoms with van der Waals surface area (Å²) in [6, 6.07) is 17.3. The number of fused-ring (bicyclic) bond motifs is 1. The molecule has 6 nitrogen and oxygen atoms in total. The van der Waals surface area contributed by atoms with Crippen molar-refractivity contribution < 1.29 is 4.42 Å². The van der Waals surface area contributed by atoms with Crippen LogP contribution in [0.2, 0.25) is 0 Å². The molecule has 0 N–H and O–H groups in total. The van der Waals surface area contributed by atoms with Crippen molar-refractivity contribution in [1.29, 1.82) is 0 Å². The summed E-state index contributed by atoms with van der Waals surface area (Å²) >= 11 is 2.98. The predicted octanol–water partition coefficient (Wildman–Crippen LogP) is 5.97. The van der Waals surface area contributed by atoms with Gasteiger partial charge in [0.05, 0.1) is 26.7 Å². The lowest BCUT2D eigenvalue weighted by atomic mass is 10.1. The van der Waals surface area contributed by atoms with Crippen LogP contribution in [0, 0.1) is 13.8 Å². The van der Waals surface area contributed by atoms with Crippen molar-refractivity contribution in [2.24, 2.45) is 0 Å². The van der Waals surface area contributed by atoms with E-state index in [0.717, 1.165) is 16.1 Å². The van der Waals surface area contributed by atoms with E-state index in [1.165, 1.54) is 17.3 Å². The Morgan fingerprint density at radius 2 is 1.88 bits per heavy atom. The third kappa shape index (κ3) is 3.76. The maximum Gasteiger partial charge on any atom is 0.266 e.